The number of para-hydroxylation sites is 1. The molecule has 1 rings (SSSR count). The smallest absolute Gasteiger partial charge is 0.411 e. The van der Waals surface area contributed by atoms with Gasteiger partial charge < -0.3 is 5.11 Å². The van der Waals surface area contributed by atoms with Gasteiger partial charge in [-0.05, 0) is 18.6 Å². The molecule has 0 saturated heterocycles. The molecule has 0 radical (unpaired) electrons. The van der Waals surface area contributed by atoms with Crippen LogP contribution in [-0.2, 0) is 0 Å². The first-order chi connectivity index (χ1) is 6.25. The lowest BCUT2D eigenvalue weighted by molar-refractivity contribution is 0.202. The van der Waals surface area contributed by atoms with Gasteiger partial charge in [-0.3, -0.25) is 4.90 Å². The van der Waals surface area contributed by atoms with Crippen molar-refractivity contribution in [1.29, 1.82) is 0 Å². The molecule has 70 valence electrons. The van der Waals surface area contributed by atoms with Crippen LogP contribution in [-0.4, -0.2) is 17.7 Å². The van der Waals surface area contributed by atoms with Gasteiger partial charge in [-0.15, -0.1) is 0 Å². The fraction of sp³-hybridized carbons (Fsp3) is 0.300. The minimum atomic E-state index is -0.895. The van der Waals surface area contributed by atoms with E-state index in [4.69, 9.17) is 5.11 Å². The Bertz CT molecular complexity index is 272. The van der Waals surface area contributed by atoms with E-state index in [1.165, 1.54) is 4.90 Å². The van der Waals surface area contributed by atoms with Crippen molar-refractivity contribution in [2.75, 3.05) is 11.4 Å². The molecule has 0 bridgehead atoms. The highest BCUT2D eigenvalue weighted by Gasteiger charge is 2.11. The Morgan fingerprint density at radius 1 is 1.38 bits per heavy atom. The predicted molar refractivity (Wildman–Crippen MR) is 52.1 cm³/mol. The molecule has 0 aliphatic heterocycles. The average molecular weight is 179 g/mol. The van der Waals surface area contributed by atoms with E-state index in [1.807, 2.05) is 25.1 Å². The maximum atomic E-state index is 10.8. The summed E-state index contributed by atoms with van der Waals surface area (Å²) in [6.07, 6.45) is -0.0747. The quantitative estimate of drug-likeness (QED) is 0.774. The minimum absolute atomic E-state index is 0.541. The fourth-order valence-corrected chi connectivity index (χ4v) is 1.17. The third-order valence-electron chi connectivity index (χ3n) is 1.75. The normalized spacial score (nSPS) is 9.62. The minimum Gasteiger partial charge on any atom is -0.465 e. The van der Waals surface area contributed by atoms with E-state index in [1.54, 1.807) is 12.1 Å². The van der Waals surface area contributed by atoms with Gasteiger partial charge in [0.25, 0.3) is 0 Å². The van der Waals surface area contributed by atoms with Crippen LogP contribution in [0.3, 0.4) is 0 Å². The predicted octanol–water partition coefficient (Wildman–Crippen LogP) is 2.58. The monoisotopic (exact) mass is 179 g/mol. The average Bonchev–Trinajstić information content (AvgIpc) is 2.15. The Morgan fingerprint density at radius 2 is 2.00 bits per heavy atom. The highest BCUT2D eigenvalue weighted by atomic mass is 16.4. The second kappa shape index (κ2) is 4.50. The molecule has 0 aliphatic carbocycles. The Labute approximate surface area is 77.6 Å². The molecule has 3 nitrogen and oxygen atoms in total. The first-order valence-corrected chi connectivity index (χ1v) is 4.31. The summed E-state index contributed by atoms with van der Waals surface area (Å²) in [5.74, 6) is 0. The second-order valence-corrected chi connectivity index (χ2v) is 2.77. The van der Waals surface area contributed by atoms with E-state index in [-0.39, 0.29) is 0 Å². The van der Waals surface area contributed by atoms with Crippen molar-refractivity contribution in [3.8, 4) is 0 Å². The van der Waals surface area contributed by atoms with Crippen molar-refractivity contribution in [3.05, 3.63) is 30.3 Å². The summed E-state index contributed by atoms with van der Waals surface area (Å²) in [5, 5.41) is 8.88. The lowest BCUT2D eigenvalue weighted by Crippen LogP contribution is -2.29. The van der Waals surface area contributed by atoms with Crippen molar-refractivity contribution >= 4 is 11.8 Å². The van der Waals surface area contributed by atoms with Crippen LogP contribution in [0.2, 0.25) is 0 Å². The van der Waals surface area contributed by atoms with Crippen LogP contribution in [0.1, 0.15) is 13.3 Å². The van der Waals surface area contributed by atoms with Crippen LogP contribution in [0.25, 0.3) is 0 Å². The van der Waals surface area contributed by atoms with Gasteiger partial charge >= 0.3 is 6.09 Å². The third kappa shape index (κ3) is 2.47. The van der Waals surface area contributed by atoms with Gasteiger partial charge in [0.05, 0.1) is 0 Å². The third-order valence-corrected chi connectivity index (χ3v) is 1.75. The molecule has 1 amide bonds. The van der Waals surface area contributed by atoms with Crippen LogP contribution in [0.4, 0.5) is 10.5 Å². The van der Waals surface area contributed by atoms with E-state index < -0.39 is 6.09 Å². The van der Waals surface area contributed by atoms with Gasteiger partial charge in [-0.1, -0.05) is 25.1 Å². The Balaban J connectivity index is 2.82. The zero-order chi connectivity index (χ0) is 9.68. The second-order valence-electron chi connectivity index (χ2n) is 2.77. The first kappa shape index (κ1) is 9.58. The number of hydrogen-bond acceptors (Lipinski definition) is 1. The van der Waals surface area contributed by atoms with Gasteiger partial charge in [-0.2, -0.15) is 0 Å². The summed E-state index contributed by atoms with van der Waals surface area (Å²) in [6.45, 7) is 2.50. The van der Waals surface area contributed by atoms with Crippen LogP contribution < -0.4 is 4.90 Å². The van der Waals surface area contributed by atoms with Gasteiger partial charge in [0.2, 0.25) is 0 Å². The van der Waals surface area contributed by atoms with E-state index in [0.29, 0.717) is 6.54 Å². The fourth-order valence-electron chi connectivity index (χ4n) is 1.17. The highest BCUT2D eigenvalue weighted by Crippen LogP contribution is 2.13. The Kier molecular flexibility index (Phi) is 3.31. The summed E-state index contributed by atoms with van der Waals surface area (Å²) in [7, 11) is 0. The highest BCUT2D eigenvalue weighted by molar-refractivity contribution is 5.85. The molecule has 0 spiro atoms. The zero-order valence-corrected chi connectivity index (χ0v) is 7.60. The lowest BCUT2D eigenvalue weighted by Gasteiger charge is -2.17. The van der Waals surface area contributed by atoms with Gasteiger partial charge in [0.15, 0.2) is 0 Å². The molecule has 13 heavy (non-hydrogen) atoms. The van der Waals surface area contributed by atoms with E-state index in [9.17, 15) is 4.79 Å². The van der Waals surface area contributed by atoms with Crippen molar-refractivity contribution in [2.45, 2.75) is 13.3 Å². The molecule has 0 heterocycles. The van der Waals surface area contributed by atoms with Gasteiger partial charge in [0.1, 0.15) is 0 Å². The largest absolute Gasteiger partial charge is 0.465 e. The topological polar surface area (TPSA) is 40.5 Å². The SMILES string of the molecule is CCCN(C(=O)O)c1ccccc1. The molecule has 0 saturated carbocycles. The number of nitrogens with zero attached hydrogens (tertiary/aromatic N) is 1. The number of amides is 1. The maximum absolute atomic E-state index is 10.8. The van der Waals surface area contributed by atoms with Gasteiger partial charge in [-0.25, -0.2) is 4.79 Å². The molecule has 1 aromatic carbocycles. The van der Waals surface area contributed by atoms with Gasteiger partial charge in [0, 0.05) is 12.2 Å². The number of carbonyl (C=O) groups is 1. The molecular formula is C10H13NO2. The Hall–Kier alpha value is -1.51. The zero-order valence-electron chi connectivity index (χ0n) is 7.60. The standard InChI is InChI=1S/C10H13NO2/c1-2-8-11(10(12)13)9-6-4-3-5-7-9/h3-7H,2,8H2,1H3,(H,12,13). The summed E-state index contributed by atoms with van der Waals surface area (Å²) in [4.78, 5) is 12.2. The molecule has 1 N–H and O–H groups in total. The van der Waals surface area contributed by atoms with Crippen LogP contribution in [0.5, 0.6) is 0 Å². The van der Waals surface area contributed by atoms with E-state index in [2.05, 4.69) is 0 Å². The number of hydrogen-bond donors (Lipinski definition) is 1. The summed E-state index contributed by atoms with van der Waals surface area (Å²) < 4.78 is 0. The van der Waals surface area contributed by atoms with Crippen molar-refractivity contribution < 1.29 is 9.90 Å². The molecule has 0 aliphatic rings. The number of anilines is 1. The summed E-state index contributed by atoms with van der Waals surface area (Å²) in [6, 6.07) is 9.13. The molecule has 0 unspecified atom stereocenters. The van der Waals surface area contributed by atoms with Crippen molar-refractivity contribution in [2.24, 2.45) is 0 Å². The maximum Gasteiger partial charge on any atom is 0.411 e. The number of carboxylic acid groups (broad SMARTS) is 1. The van der Waals surface area contributed by atoms with Crippen molar-refractivity contribution in [1.82, 2.24) is 0 Å². The first-order valence-electron chi connectivity index (χ1n) is 4.31. The van der Waals surface area contributed by atoms with E-state index >= 15 is 0 Å². The molecule has 0 aromatic heterocycles. The lowest BCUT2D eigenvalue weighted by atomic mass is 10.3. The summed E-state index contributed by atoms with van der Waals surface area (Å²) >= 11 is 0. The number of benzene rings is 1. The van der Waals surface area contributed by atoms with Crippen molar-refractivity contribution in [3.63, 3.8) is 0 Å². The number of rotatable bonds is 3. The van der Waals surface area contributed by atoms with Crippen LogP contribution in [0.15, 0.2) is 30.3 Å². The van der Waals surface area contributed by atoms with Crippen LogP contribution in [0, 0.1) is 0 Å². The molecule has 0 fully saturated rings. The molecule has 0 atom stereocenters. The molecular weight excluding hydrogens is 166 g/mol. The Morgan fingerprint density at radius 3 is 2.46 bits per heavy atom. The molecule has 3 heteroatoms. The van der Waals surface area contributed by atoms with E-state index in [0.717, 1.165) is 12.1 Å². The van der Waals surface area contributed by atoms with Crippen LogP contribution >= 0.6 is 0 Å². The summed E-state index contributed by atoms with van der Waals surface area (Å²) in [5.41, 5.74) is 0.733. The molecule has 1 aromatic rings.